The summed E-state index contributed by atoms with van der Waals surface area (Å²) >= 11 is 3.35. The summed E-state index contributed by atoms with van der Waals surface area (Å²) in [5.41, 5.74) is 0.844. The molecule has 5 nitrogen and oxygen atoms in total. The Morgan fingerprint density at radius 3 is 2.76 bits per heavy atom. The van der Waals surface area contributed by atoms with E-state index in [-0.39, 0.29) is 0 Å². The maximum atomic E-state index is 11.4. The lowest BCUT2D eigenvalue weighted by atomic mass is 10.2. The molecule has 0 aliphatic heterocycles. The molecule has 2 rings (SSSR count). The molecule has 0 radical (unpaired) electrons. The average molecular weight is 296 g/mol. The van der Waals surface area contributed by atoms with Crippen LogP contribution in [0.4, 0.5) is 4.79 Å². The monoisotopic (exact) mass is 295 g/mol. The lowest BCUT2D eigenvalue weighted by molar-refractivity contribution is 0.150. The van der Waals surface area contributed by atoms with E-state index in [9.17, 15) is 4.79 Å². The zero-order valence-corrected chi connectivity index (χ0v) is 10.7. The Balaban J connectivity index is 2.23. The van der Waals surface area contributed by atoms with Crippen LogP contribution in [0.2, 0.25) is 0 Å². The highest BCUT2D eigenvalue weighted by molar-refractivity contribution is 9.10. The van der Waals surface area contributed by atoms with Gasteiger partial charge in [-0.15, -0.1) is 5.10 Å². The SMILES string of the molecule is CCOC(=O)n1cnc(-c2ccc(Br)cc2)n1. The molecule has 0 atom stereocenters. The van der Waals surface area contributed by atoms with Crippen molar-refractivity contribution in [2.45, 2.75) is 6.92 Å². The van der Waals surface area contributed by atoms with Crippen LogP contribution in [0.1, 0.15) is 6.92 Å². The summed E-state index contributed by atoms with van der Waals surface area (Å²) in [6.45, 7) is 2.05. The summed E-state index contributed by atoms with van der Waals surface area (Å²) in [4.78, 5) is 15.4. The number of halogens is 1. The quantitative estimate of drug-likeness (QED) is 0.855. The smallest absolute Gasteiger partial charge is 0.436 e. The second-order valence-corrected chi connectivity index (χ2v) is 4.13. The average Bonchev–Trinajstić information content (AvgIpc) is 2.80. The first kappa shape index (κ1) is 11.8. The maximum Gasteiger partial charge on any atom is 0.436 e. The van der Waals surface area contributed by atoms with E-state index in [1.807, 2.05) is 24.3 Å². The van der Waals surface area contributed by atoms with Gasteiger partial charge in [0.25, 0.3) is 0 Å². The van der Waals surface area contributed by atoms with E-state index in [1.54, 1.807) is 6.92 Å². The van der Waals surface area contributed by atoms with E-state index in [0.29, 0.717) is 12.4 Å². The van der Waals surface area contributed by atoms with E-state index < -0.39 is 6.09 Å². The lowest BCUT2D eigenvalue weighted by Gasteiger charge is -1.98. The molecule has 6 heteroatoms. The van der Waals surface area contributed by atoms with Crippen molar-refractivity contribution >= 4 is 22.0 Å². The molecule has 0 spiro atoms. The van der Waals surface area contributed by atoms with Crippen molar-refractivity contribution in [1.29, 1.82) is 0 Å². The van der Waals surface area contributed by atoms with Crippen molar-refractivity contribution in [3.05, 3.63) is 35.1 Å². The first-order chi connectivity index (χ1) is 8.20. The normalized spacial score (nSPS) is 10.2. The van der Waals surface area contributed by atoms with Crippen molar-refractivity contribution in [3.63, 3.8) is 0 Å². The van der Waals surface area contributed by atoms with Gasteiger partial charge in [-0.1, -0.05) is 28.1 Å². The van der Waals surface area contributed by atoms with E-state index in [2.05, 4.69) is 26.0 Å². The summed E-state index contributed by atoms with van der Waals surface area (Å²) < 4.78 is 6.87. The Morgan fingerprint density at radius 2 is 2.12 bits per heavy atom. The lowest BCUT2D eigenvalue weighted by Crippen LogP contribution is -2.13. The number of hydrogen-bond acceptors (Lipinski definition) is 4. The Kier molecular flexibility index (Phi) is 3.53. The molecule has 88 valence electrons. The number of carbonyl (C=O) groups excluding carboxylic acids is 1. The zero-order chi connectivity index (χ0) is 12.3. The zero-order valence-electron chi connectivity index (χ0n) is 9.13. The summed E-state index contributed by atoms with van der Waals surface area (Å²) in [5, 5.41) is 4.04. The van der Waals surface area contributed by atoms with Gasteiger partial charge in [-0.2, -0.15) is 4.68 Å². The molecule has 0 saturated carbocycles. The van der Waals surface area contributed by atoms with Gasteiger partial charge in [-0.25, -0.2) is 9.78 Å². The van der Waals surface area contributed by atoms with Gasteiger partial charge < -0.3 is 4.74 Å². The standard InChI is InChI=1S/C11H10BrN3O2/c1-2-17-11(16)15-7-13-10(14-15)8-3-5-9(12)6-4-8/h3-7H,2H2,1H3. The summed E-state index contributed by atoms with van der Waals surface area (Å²) in [6.07, 6.45) is 0.818. The van der Waals surface area contributed by atoms with Gasteiger partial charge in [0.1, 0.15) is 6.33 Å². The van der Waals surface area contributed by atoms with Gasteiger partial charge in [0, 0.05) is 10.0 Å². The second kappa shape index (κ2) is 5.09. The molecule has 0 unspecified atom stereocenters. The van der Waals surface area contributed by atoms with Crippen molar-refractivity contribution in [2.24, 2.45) is 0 Å². The van der Waals surface area contributed by atoms with Crippen molar-refractivity contribution in [2.75, 3.05) is 6.61 Å². The van der Waals surface area contributed by atoms with Crippen molar-refractivity contribution in [1.82, 2.24) is 14.8 Å². The third-order valence-corrected chi connectivity index (χ3v) is 2.58. The molecule has 0 aliphatic rings. The third kappa shape index (κ3) is 2.71. The number of hydrogen-bond donors (Lipinski definition) is 0. The van der Waals surface area contributed by atoms with Crippen molar-refractivity contribution in [3.8, 4) is 11.4 Å². The Bertz CT molecular complexity index is 522. The molecule has 1 aromatic heterocycles. The third-order valence-electron chi connectivity index (χ3n) is 2.05. The number of aromatic nitrogens is 3. The predicted molar refractivity (Wildman–Crippen MR) is 65.6 cm³/mol. The number of carbonyl (C=O) groups is 1. The highest BCUT2D eigenvalue weighted by Gasteiger charge is 2.09. The predicted octanol–water partition coefficient (Wildman–Crippen LogP) is 2.71. The molecule has 17 heavy (non-hydrogen) atoms. The molecule has 0 amide bonds. The molecule has 0 bridgehead atoms. The van der Waals surface area contributed by atoms with Crippen LogP contribution in [0, 0.1) is 0 Å². The van der Waals surface area contributed by atoms with Crippen molar-refractivity contribution < 1.29 is 9.53 Å². The Labute approximate surface area is 107 Å². The highest BCUT2D eigenvalue weighted by Crippen LogP contribution is 2.17. The minimum absolute atomic E-state index is 0.312. The van der Waals surface area contributed by atoms with Gasteiger partial charge in [0.15, 0.2) is 5.82 Å². The first-order valence-corrected chi connectivity index (χ1v) is 5.84. The minimum atomic E-state index is -0.525. The van der Waals surface area contributed by atoms with Crippen LogP contribution in [0.15, 0.2) is 35.1 Å². The fourth-order valence-electron chi connectivity index (χ4n) is 1.27. The molecule has 1 heterocycles. The van der Waals surface area contributed by atoms with Gasteiger partial charge in [0.2, 0.25) is 0 Å². The number of ether oxygens (including phenoxy) is 1. The van der Waals surface area contributed by atoms with Gasteiger partial charge in [-0.05, 0) is 19.1 Å². The Morgan fingerprint density at radius 1 is 1.41 bits per heavy atom. The Hall–Kier alpha value is -1.69. The van der Waals surface area contributed by atoms with Crippen LogP contribution in [-0.4, -0.2) is 27.5 Å². The van der Waals surface area contributed by atoms with Gasteiger partial charge in [-0.3, -0.25) is 0 Å². The molecule has 0 fully saturated rings. The van der Waals surface area contributed by atoms with Crippen LogP contribution in [-0.2, 0) is 4.74 Å². The first-order valence-electron chi connectivity index (χ1n) is 5.05. The van der Waals surface area contributed by atoms with Crippen LogP contribution in [0.5, 0.6) is 0 Å². The number of rotatable bonds is 2. The van der Waals surface area contributed by atoms with E-state index in [1.165, 1.54) is 6.33 Å². The second-order valence-electron chi connectivity index (χ2n) is 3.22. The van der Waals surface area contributed by atoms with Crippen LogP contribution >= 0.6 is 15.9 Å². The van der Waals surface area contributed by atoms with Crippen LogP contribution < -0.4 is 0 Å². The molecule has 0 N–H and O–H groups in total. The number of benzene rings is 1. The van der Waals surface area contributed by atoms with Crippen LogP contribution in [0.3, 0.4) is 0 Å². The molecule has 2 aromatic rings. The van der Waals surface area contributed by atoms with E-state index in [4.69, 9.17) is 4.74 Å². The summed E-state index contributed by atoms with van der Waals surface area (Å²) in [6, 6.07) is 7.52. The molecule has 0 saturated heterocycles. The maximum absolute atomic E-state index is 11.4. The molecule has 0 aliphatic carbocycles. The minimum Gasteiger partial charge on any atom is -0.448 e. The van der Waals surface area contributed by atoms with Crippen LogP contribution in [0.25, 0.3) is 11.4 Å². The summed E-state index contributed by atoms with van der Waals surface area (Å²) in [7, 11) is 0. The fourth-order valence-corrected chi connectivity index (χ4v) is 1.54. The van der Waals surface area contributed by atoms with E-state index >= 15 is 0 Å². The summed E-state index contributed by atoms with van der Waals surface area (Å²) in [5.74, 6) is 0.491. The molecular formula is C11H10BrN3O2. The topological polar surface area (TPSA) is 57.0 Å². The highest BCUT2D eigenvalue weighted by atomic mass is 79.9. The van der Waals surface area contributed by atoms with Gasteiger partial charge >= 0.3 is 6.09 Å². The number of nitrogens with zero attached hydrogens (tertiary/aromatic N) is 3. The molecular weight excluding hydrogens is 286 g/mol. The fraction of sp³-hybridized carbons (Fsp3) is 0.182. The van der Waals surface area contributed by atoms with E-state index in [0.717, 1.165) is 14.7 Å². The molecule has 1 aromatic carbocycles. The van der Waals surface area contributed by atoms with Gasteiger partial charge in [0.05, 0.1) is 6.61 Å². The largest absolute Gasteiger partial charge is 0.448 e.